The summed E-state index contributed by atoms with van der Waals surface area (Å²) in [6.07, 6.45) is 3.51. The van der Waals surface area contributed by atoms with Crippen LogP contribution in [0.25, 0.3) is 0 Å². The summed E-state index contributed by atoms with van der Waals surface area (Å²) in [5, 5.41) is 3.71. The molecule has 1 aliphatic heterocycles. The average molecular weight is 243 g/mol. The lowest BCUT2D eigenvalue weighted by atomic mass is 9.94. The van der Waals surface area contributed by atoms with E-state index < -0.39 is 6.55 Å². The molecule has 17 heavy (non-hydrogen) atoms. The lowest BCUT2D eigenvalue weighted by molar-refractivity contribution is 0.0494. The number of alkyl halides is 2. The van der Waals surface area contributed by atoms with Crippen LogP contribution >= 0.6 is 0 Å². The first-order chi connectivity index (χ1) is 8.09. The molecule has 5 heteroatoms. The molecule has 0 aliphatic carbocycles. The van der Waals surface area contributed by atoms with E-state index in [-0.39, 0.29) is 5.92 Å². The van der Waals surface area contributed by atoms with Crippen LogP contribution in [0.15, 0.2) is 12.3 Å². The lowest BCUT2D eigenvalue weighted by Gasteiger charge is -2.35. The zero-order chi connectivity index (χ0) is 12.4. The minimum Gasteiger partial charge on any atom is -0.300 e. The van der Waals surface area contributed by atoms with Gasteiger partial charge in [0.15, 0.2) is 0 Å². The van der Waals surface area contributed by atoms with Gasteiger partial charge in [0.05, 0.1) is 0 Å². The lowest BCUT2D eigenvalue weighted by Crippen LogP contribution is -2.39. The van der Waals surface area contributed by atoms with Gasteiger partial charge < -0.3 is 4.90 Å². The third-order valence-corrected chi connectivity index (χ3v) is 3.49. The molecule has 0 bridgehead atoms. The van der Waals surface area contributed by atoms with E-state index in [2.05, 4.69) is 23.8 Å². The third-order valence-electron chi connectivity index (χ3n) is 3.49. The zero-order valence-electron chi connectivity index (χ0n) is 10.3. The molecule has 0 N–H and O–H groups in total. The normalized spacial score (nSPS) is 22.6. The van der Waals surface area contributed by atoms with Gasteiger partial charge in [-0.25, -0.2) is 4.68 Å². The monoisotopic (exact) mass is 243 g/mol. The molecule has 1 aromatic rings. The number of halogens is 2. The zero-order valence-corrected chi connectivity index (χ0v) is 10.3. The van der Waals surface area contributed by atoms with Crippen molar-refractivity contribution >= 4 is 0 Å². The molecule has 0 radical (unpaired) electrons. The van der Waals surface area contributed by atoms with Crippen molar-refractivity contribution in [3.8, 4) is 0 Å². The van der Waals surface area contributed by atoms with Gasteiger partial charge in [-0.15, -0.1) is 0 Å². The van der Waals surface area contributed by atoms with Gasteiger partial charge in [0, 0.05) is 30.4 Å². The molecular weight excluding hydrogens is 224 g/mol. The fraction of sp³-hybridized carbons (Fsp3) is 0.750. The van der Waals surface area contributed by atoms with Crippen molar-refractivity contribution in [2.24, 2.45) is 0 Å². The minimum absolute atomic E-state index is 0.183. The van der Waals surface area contributed by atoms with Crippen molar-refractivity contribution in [1.82, 2.24) is 14.7 Å². The molecular formula is C12H19F2N3. The van der Waals surface area contributed by atoms with Crippen LogP contribution in [0.2, 0.25) is 0 Å². The molecule has 3 nitrogen and oxygen atoms in total. The molecule has 0 aromatic carbocycles. The molecule has 1 atom stereocenters. The average Bonchev–Trinajstić information content (AvgIpc) is 2.78. The smallest absolute Gasteiger partial charge is 0.300 e. The Morgan fingerprint density at radius 3 is 2.82 bits per heavy atom. The van der Waals surface area contributed by atoms with E-state index in [9.17, 15) is 8.78 Å². The quantitative estimate of drug-likeness (QED) is 0.814. The van der Waals surface area contributed by atoms with Gasteiger partial charge in [-0.2, -0.15) is 13.9 Å². The van der Waals surface area contributed by atoms with Crippen molar-refractivity contribution < 1.29 is 8.78 Å². The molecule has 1 fully saturated rings. The van der Waals surface area contributed by atoms with Crippen LogP contribution < -0.4 is 0 Å². The first kappa shape index (κ1) is 12.5. The maximum absolute atomic E-state index is 12.8. The second-order valence-corrected chi connectivity index (χ2v) is 4.91. The van der Waals surface area contributed by atoms with Crippen LogP contribution in [0.1, 0.15) is 44.9 Å². The highest BCUT2D eigenvalue weighted by molar-refractivity contribution is 5.10. The Morgan fingerprint density at radius 2 is 2.18 bits per heavy atom. The maximum Gasteiger partial charge on any atom is 0.333 e. The highest BCUT2D eigenvalue weighted by Crippen LogP contribution is 2.29. The van der Waals surface area contributed by atoms with Gasteiger partial charge in [0.2, 0.25) is 0 Å². The van der Waals surface area contributed by atoms with Crippen molar-refractivity contribution in [2.45, 2.75) is 45.2 Å². The van der Waals surface area contributed by atoms with Gasteiger partial charge in [-0.05, 0) is 39.3 Å². The molecule has 1 unspecified atom stereocenters. The molecule has 1 aliphatic rings. The van der Waals surface area contributed by atoms with Crippen LogP contribution in [-0.2, 0) is 0 Å². The number of hydrogen-bond acceptors (Lipinski definition) is 2. The van der Waals surface area contributed by atoms with E-state index >= 15 is 0 Å². The molecule has 0 spiro atoms. The number of rotatable bonds is 3. The summed E-state index contributed by atoms with van der Waals surface area (Å²) in [5.74, 6) is 0.183. The van der Waals surface area contributed by atoms with E-state index in [0.29, 0.717) is 11.7 Å². The highest BCUT2D eigenvalue weighted by atomic mass is 19.3. The van der Waals surface area contributed by atoms with Crippen molar-refractivity contribution in [3.05, 3.63) is 18.0 Å². The van der Waals surface area contributed by atoms with Crippen LogP contribution in [0.4, 0.5) is 8.78 Å². The molecule has 1 saturated heterocycles. The van der Waals surface area contributed by atoms with E-state index in [1.54, 1.807) is 6.07 Å². The molecule has 2 rings (SSSR count). The van der Waals surface area contributed by atoms with E-state index in [4.69, 9.17) is 0 Å². The number of piperidine rings is 1. The van der Waals surface area contributed by atoms with Gasteiger partial charge in [-0.3, -0.25) is 0 Å². The maximum atomic E-state index is 12.8. The highest BCUT2D eigenvalue weighted by Gasteiger charge is 2.26. The summed E-state index contributed by atoms with van der Waals surface area (Å²) in [7, 11) is 0. The van der Waals surface area contributed by atoms with Crippen LogP contribution in [-0.4, -0.2) is 33.8 Å². The fourth-order valence-corrected chi connectivity index (χ4v) is 2.53. The van der Waals surface area contributed by atoms with E-state index in [0.717, 1.165) is 30.6 Å². The van der Waals surface area contributed by atoms with Gasteiger partial charge in [0.1, 0.15) is 0 Å². The minimum atomic E-state index is -2.53. The van der Waals surface area contributed by atoms with Crippen LogP contribution in [0, 0.1) is 0 Å². The van der Waals surface area contributed by atoms with Gasteiger partial charge in [-0.1, -0.05) is 0 Å². The van der Waals surface area contributed by atoms with Crippen LogP contribution in [0.5, 0.6) is 0 Å². The molecule has 0 saturated carbocycles. The third kappa shape index (κ3) is 2.65. The summed E-state index contributed by atoms with van der Waals surface area (Å²) in [5.41, 5.74) is 0.672. The van der Waals surface area contributed by atoms with E-state index in [1.165, 1.54) is 6.20 Å². The second kappa shape index (κ2) is 5.12. The Balaban J connectivity index is 2.13. The second-order valence-electron chi connectivity index (χ2n) is 4.91. The first-order valence-electron chi connectivity index (χ1n) is 6.15. The molecule has 2 heterocycles. The van der Waals surface area contributed by atoms with Crippen molar-refractivity contribution in [3.63, 3.8) is 0 Å². The summed E-state index contributed by atoms with van der Waals surface area (Å²) < 4.78 is 26.4. The number of nitrogens with zero attached hydrogens (tertiary/aromatic N) is 3. The predicted molar refractivity (Wildman–Crippen MR) is 62.2 cm³/mol. The van der Waals surface area contributed by atoms with Crippen LogP contribution in [0.3, 0.4) is 0 Å². The van der Waals surface area contributed by atoms with Gasteiger partial charge in [0.25, 0.3) is 0 Å². The van der Waals surface area contributed by atoms with Gasteiger partial charge >= 0.3 is 6.55 Å². The summed E-state index contributed by atoms with van der Waals surface area (Å²) >= 11 is 0. The molecule has 0 amide bonds. The Kier molecular flexibility index (Phi) is 3.76. The molecule has 96 valence electrons. The Bertz CT molecular complexity index is 362. The summed E-state index contributed by atoms with van der Waals surface area (Å²) in [4.78, 5) is 2.34. The van der Waals surface area contributed by atoms with E-state index in [1.807, 2.05) is 0 Å². The SMILES string of the molecule is CC(C)N1CCCC(c2ccnn2C(F)F)C1. The standard InChI is InChI=1S/C12H19F2N3/c1-9(2)16-7-3-4-10(8-16)11-5-6-15-17(11)12(13)14/h5-6,9-10,12H,3-4,7-8H2,1-2H3. The Hall–Kier alpha value is -0.970. The topological polar surface area (TPSA) is 21.1 Å². The summed E-state index contributed by atoms with van der Waals surface area (Å²) in [6, 6.07) is 2.20. The fourth-order valence-electron chi connectivity index (χ4n) is 2.53. The Morgan fingerprint density at radius 1 is 1.41 bits per heavy atom. The van der Waals surface area contributed by atoms with Crippen molar-refractivity contribution in [1.29, 1.82) is 0 Å². The number of hydrogen-bond donors (Lipinski definition) is 0. The largest absolute Gasteiger partial charge is 0.333 e. The molecule has 1 aromatic heterocycles. The number of likely N-dealkylation sites (tertiary alicyclic amines) is 1. The predicted octanol–water partition coefficient (Wildman–Crippen LogP) is 2.87. The summed E-state index contributed by atoms with van der Waals surface area (Å²) in [6.45, 7) is 3.68. The van der Waals surface area contributed by atoms with Crippen molar-refractivity contribution in [2.75, 3.05) is 13.1 Å². The Labute approximate surface area is 100 Å². The first-order valence-corrected chi connectivity index (χ1v) is 6.15. The number of aromatic nitrogens is 2.